The van der Waals surface area contributed by atoms with Crippen molar-refractivity contribution >= 4 is 23.5 Å². The van der Waals surface area contributed by atoms with Crippen LogP contribution in [0, 0.1) is 0 Å². The van der Waals surface area contributed by atoms with E-state index in [1.165, 1.54) is 10.5 Å². The Kier molecular flexibility index (Phi) is 3.29. The summed E-state index contributed by atoms with van der Waals surface area (Å²) >= 11 is 1.63. The molecule has 4 nitrogen and oxygen atoms in total. The number of nitrogens with one attached hydrogen (secondary N) is 2. The smallest absolute Gasteiger partial charge is 0.239 e. The van der Waals surface area contributed by atoms with Crippen molar-refractivity contribution in [2.24, 2.45) is 0 Å². The van der Waals surface area contributed by atoms with Crippen LogP contribution in [-0.2, 0) is 17.6 Å². The Bertz CT molecular complexity index is 583. The second-order valence-electron chi connectivity index (χ2n) is 4.53. The summed E-state index contributed by atoms with van der Waals surface area (Å²) in [5.41, 5.74) is 2.29. The van der Waals surface area contributed by atoms with E-state index in [9.17, 15) is 4.79 Å². The third-order valence-corrected chi connectivity index (χ3v) is 4.60. The van der Waals surface area contributed by atoms with E-state index in [-0.39, 0.29) is 11.2 Å². The van der Waals surface area contributed by atoms with Crippen LogP contribution in [0.5, 0.6) is 0 Å². The largest absolute Gasteiger partial charge is 0.310 e. The Balaban J connectivity index is 1.70. The van der Waals surface area contributed by atoms with Gasteiger partial charge in [-0.2, -0.15) is 5.10 Å². The number of aryl methyl sites for hydroxylation is 1. The zero-order valence-electron chi connectivity index (χ0n) is 10.6. The highest BCUT2D eigenvalue weighted by Crippen LogP contribution is 2.37. The van der Waals surface area contributed by atoms with E-state index in [2.05, 4.69) is 27.6 Å². The predicted octanol–water partition coefficient (Wildman–Crippen LogP) is 2.63. The number of aromatic nitrogens is 2. The molecule has 2 heterocycles. The zero-order valence-corrected chi connectivity index (χ0v) is 11.5. The van der Waals surface area contributed by atoms with Gasteiger partial charge in [-0.15, -0.1) is 11.8 Å². The molecule has 0 radical (unpaired) electrons. The number of fused-ring (bicyclic) bond motifs is 1. The fraction of sp³-hybridized carbons (Fsp3) is 0.286. The monoisotopic (exact) mass is 273 g/mol. The number of amides is 1. The van der Waals surface area contributed by atoms with E-state index >= 15 is 0 Å². The first kappa shape index (κ1) is 12.3. The summed E-state index contributed by atoms with van der Waals surface area (Å²) in [6, 6.07) is 8.18. The molecule has 5 heteroatoms. The molecule has 98 valence electrons. The van der Waals surface area contributed by atoms with Crippen molar-refractivity contribution in [1.82, 2.24) is 10.2 Å². The minimum atomic E-state index is -0.0505. The van der Waals surface area contributed by atoms with Crippen LogP contribution in [0.1, 0.15) is 18.1 Å². The van der Waals surface area contributed by atoms with Crippen LogP contribution in [0.25, 0.3) is 0 Å². The summed E-state index contributed by atoms with van der Waals surface area (Å²) < 4.78 is 0. The Morgan fingerprint density at radius 3 is 3.16 bits per heavy atom. The first-order valence-electron chi connectivity index (χ1n) is 6.35. The molecule has 1 aliphatic heterocycles. The van der Waals surface area contributed by atoms with Crippen LogP contribution >= 0.6 is 11.8 Å². The van der Waals surface area contributed by atoms with Crippen molar-refractivity contribution < 1.29 is 4.79 Å². The van der Waals surface area contributed by atoms with E-state index < -0.39 is 0 Å². The van der Waals surface area contributed by atoms with E-state index in [1.54, 1.807) is 18.0 Å². The first-order valence-corrected chi connectivity index (χ1v) is 7.23. The number of hydrogen-bond donors (Lipinski definition) is 2. The SMILES string of the molecule is CCc1cn[nH]c1NC(=O)C1Cc2ccccc2S1. The standard InChI is InChI=1S/C14H15N3OS/c1-2-9-8-15-17-13(9)16-14(18)12-7-10-5-3-4-6-11(10)19-12/h3-6,8,12H,2,7H2,1H3,(H2,15,16,17,18). The van der Waals surface area contributed by atoms with E-state index in [4.69, 9.17) is 0 Å². The zero-order chi connectivity index (χ0) is 13.2. The lowest BCUT2D eigenvalue weighted by molar-refractivity contribution is -0.115. The number of nitrogens with zero attached hydrogens (tertiary/aromatic N) is 1. The maximum atomic E-state index is 12.3. The highest BCUT2D eigenvalue weighted by Gasteiger charge is 2.28. The topological polar surface area (TPSA) is 57.8 Å². The minimum Gasteiger partial charge on any atom is -0.310 e. The van der Waals surface area contributed by atoms with Crippen molar-refractivity contribution in [2.75, 3.05) is 5.32 Å². The van der Waals surface area contributed by atoms with Gasteiger partial charge in [-0.25, -0.2) is 0 Å². The van der Waals surface area contributed by atoms with Crippen LogP contribution in [0.15, 0.2) is 35.4 Å². The van der Waals surface area contributed by atoms with Crippen molar-refractivity contribution in [2.45, 2.75) is 29.9 Å². The van der Waals surface area contributed by atoms with Crippen molar-refractivity contribution in [3.63, 3.8) is 0 Å². The van der Waals surface area contributed by atoms with E-state index in [0.29, 0.717) is 0 Å². The number of H-pyrrole nitrogens is 1. The third-order valence-electron chi connectivity index (χ3n) is 3.29. The molecule has 0 aliphatic carbocycles. The van der Waals surface area contributed by atoms with Gasteiger partial charge in [0.1, 0.15) is 5.82 Å². The molecule has 1 aromatic carbocycles. The van der Waals surface area contributed by atoms with Gasteiger partial charge in [0.25, 0.3) is 0 Å². The predicted molar refractivity (Wildman–Crippen MR) is 76.4 cm³/mol. The molecule has 3 rings (SSSR count). The number of carbonyl (C=O) groups is 1. The Morgan fingerprint density at radius 1 is 1.53 bits per heavy atom. The second kappa shape index (κ2) is 5.09. The van der Waals surface area contributed by atoms with Crippen molar-refractivity contribution in [3.05, 3.63) is 41.6 Å². The fourth-order valence-electron chi connectivity index (χ4n) is 2.22. The van der Waals surface area contributed by atoms with Crippen LogP contribution in [0.2, 0.25) is 0 Å². The molecular weight excluding hydrogens is 258 g/mol. The summed E-state index contributed by atoms with van der Waals surface area (Å²) in [6.45, 7) is 2.04. The molecule has 0 saturated heterocycles. The summed E-state index contributed by atoms with van der Waals surface area (Å²) in [7, 11) is 0. The molecule has 1 atom stereocenters. The molecule has 2 aromatic rings. The molecule has 19 heavy (non-hydrogen) atoms. The van der Waals surface area contributed by atoms with Crippen molar-refractivity contribution in [1.29, 1.82) is 0 Å². The van der Waals surface area contributed by atoms with Crippen LogP contribution in [0.4, 0.5) is 5.82 Å². The molecular formula is C14H15N3OS. The van der Waals surface area contributed by atoms with Gasteiger partial charge in [0.05, 0.1) is 11.4 Å². The number of anilines is 1. The van der Waals surface area contributed by atoms with Gasteiger partial charge >= 0.3 is 0 Å². The maximum absolute atomic E-state index is 12.3. The second-order valence-corrected chi connectivity index (χ2v) is 5.78. The molecule has 0 saturated carbocycles. The van der Waals surface area contributed by atoms with Crippen LogP contribution in [-0.4, -0.2) is 21.4 Å². The molecule has 0 bridgehead atoms. The normalized spacial score (nSPS) is 17.2. The molecule has 0 fully saturated rings. The average Bonchev–Trinajstić information content (AvgIpc) is 3.03. The van der Waals surface area contributed by atoms with Gasteiger partial charge in [0, 0.05) is 10.5 Å². The highest BCUT2D eigenvalue weighted by atomic mass is 32.2. The number of hydrogen-bond acceptors (Lipinski definition) is 3. The van der Waals surface area contributed by atoms with Gasteiger partial charge in [-0.05, 0) is 24.5 Å². The quantitative estimate of drug-likeness (QED) is 0.904. The lowest BCUT2D eigenvalue weighted by atomic mass is 10.1. The number of aromatic amines is 1. The summed E-state index contributed by atoms with van der Waals surface area (Å²) in [5.74, 6) is 0.768. The lowest BCUT2D eigenvalue weighted by Crippen LogP contribution is -2.25. The third kappa shape index (κ3) is 2.38. The molecule has 1 unspecified atom stereocenters. The molecule has 2 N–H and O–H groups in total. The molecule has 1 aliphatic rings. The van der Waals surface area contributed by atoms with E-state index in [1.807, 2.05) is 19.1 Å². The molecule has 1 aromatic heterocycles. The van der Waals surface area contributed by atoms with Crippen LogP contribution < -0.4 is 5.32 Å². The lowest BCUT2D eigenvalue weighted by Gasteiger charge is -2.09. The summed E-state index contributed by atoms with van der Waals surface area (Å²) in [5, 5.41) is 9.70. The van der Waals surface area contributed by atoms with Gasteiger partial charge < -0.3 is 5.32 Å². The maximum Gasteiger partial charge on any atom is 0.239 e. The van der Waals surface area contributed by atoms with Gasteiger partial charge in [0.15, 0.2) is 0 Å². The minimum absolute atomic E-state index is 0.0418. The van der Waals surface area contributed by atoms with Gasteiger partial charge in [0.2, 0.25) is 5.91 Å². The average molecular weight is 273 g/mol. The summed E-state index contributed by atoms with van der Waals surface area (Å²) in [4.78, 5) is 13.5. The first-order chi connectivity index (χ1) is 9.28. The van der Waals surface area contributed by atoms with E-state index in [0.717, 1.165) is 24.2 Å². The number of benzene rings is 1. The Labute approximate surface area is 116 Å². The fourth-order valence-corrected chi connectivity index (χ4v) is 3.41. The highest BCUT2D eigenvalue weighted by molar-refractivity contribution is 8.01. The molecule has 0 spiro atoms. The number of carbonyl (C=O) groups excluding carboxylic acids is 1. The number of rotatable bonds is 3. The summed E-state index contributed by atoms with van der Waals surface area (Å²) in [6.07, 6.45) is 3.40. The van der Waals surface area contributed by atoms with Crippen LogP contribution in [0.3, 0.4) is 0 Å². The number of thioether (sulfide) groups is 1. The van der Waals surface area contributed by atoms with Crippen molar-refractivity contribution in [3.8, 4) is 0 Å². The van der Waals surface area contributed by atoms with Gasteiger partial charge in [-0.1, -0.05) is 25.1 Å². The van der Waals surface area contributed by atoms with Gasteiger partial charge in [-0.3, -0.25) is 9.89 Å². The molecule has 1 amide bonds. The Morgan fingerprint density at radius 2 is 2.37 bits per heavy atom. The Hall–Kier alpha value is -1.75.